The SMILES string of the molecule is COc1cc(C)c(NS(=O)(=O)c2ccc(C(C)=O)cc2)cc1OC. The van der Waals surface area contributed by atoms with Crippen molar-refractivity contribution >= 4 is 21.5 Å². The van der Waals surface area contributed by atoms with Crippen molar-refractivity contribution in [1.29, 1.82) is 0 Å². The van der Waals surface area contributed by atoms with Crippen molar-refractivity contribution in [1.82, 2.24) is 0 Å². The maximum absolute atomic E-state index is 12.5. The number of hydrogen-bond acceptors (Lipinski definition) is 5. The minimum atomic E-state index is -3.78. The molecule has 0 amide bonds. The van der Waals surface area contributed by atoms with Gasteiger partial charge in [-0.25, -0.2) is 8.42 Å². The van der Waals surface area contributed by atoms with Gasteiger partial charge in [0.1, 0.15) is 0 Å². The van der Waals surface area contributed by atoms with E-state index in [0.29, 0.717) is 28.3 Å². The predicted octanol–water partition coefficient (Wildman–Crippen LogP) is 3.02. The molecule has 0 aromatic heterocycles. The summed E-state index contributed by atoms with van der Waals surface area (Å²) in [5.41, 5.74) is 1.54. The van der Waals surface area contributed by atoms with Gasteiger partial charge in [-0.05, 0) is 37.6 Å². The molecular weight excluding hydrogens is 330 g/mol. The highest BCUT2D eigenvalue weighted by Crippen LogP contribution is 2.33. The Labute approximate surface area is 141 Å². The van der Waals surface area contributed by atoms with Crippen molar-refractivity contribution in [2.24, 2.45) is 0 Å². The summed E-state index contributed by atoms with van der Waals surface area (Å²) < 4.78 is 38.0. The van der Waals surface area contributed by atoms with Crippen LogP contribution in [-0.2, 0) is 10.0 Å². The normalized spacial score (nSPS) is 11.0. The number of hydrogen-bond donors (Lipinski definition) is 1. The number of sulfonamides is 1. The second-order valence-corrected chi connectivity index (χ2v) is 6.89. The van der Waals surface area contributed by atoms with Gasteiger partial charge in [0.15, 0.2) is 17.3 Å². The summed E-state index contributed by atoms with van der Waals surface area (Å²) in [5, 5.41) is 0. The van der Waals surface area contributed by atoms with E-state index in [4.69, 9.17) is 9.47 Å². The van der Waals surface area contributed by atoms with Gasteiger partial charge in [-0.2, -0.15) is 0 Å². The Hall–Kier alpha value is -2.54. The van der Waals surface area contributed by atoms with Crippen LogP contribution in [0.2, 0.25) is 0 Å². The number of rotatable bonds is 6. The highest BCUT2D eigenvalue weighted by molar-refractivity contribution is 7.92. The Morgan fingerprint density at radius 3 is 2.04 bits per heavy atom. The van der Waals surface area contributed by atoms with E-state index in [9.17, 15) is 13.2 Å². The maximum atomic E-state index is 12.5. The smallest absolute Gasteiger partial charge is 0.261 e. The number of carbonyl (C=O) groups is 1. The standard InChI is InChI=1S/C17H19NO5S/c1-11-9-16(22-3)17(23-4)10-15(11)18-24(20,21)14-7-5-13(6-8-14)12(2)19/h5-10,18H,1-4H3. The Kier molecular flexibility index (Phi) is 5.14. The molecule has 0 atom stereocenters. The number of methoxy groups -OCH3 is 2. The van der Waals surface area contributed by atoms with Gasteiger partial charge >= 0.3 is 0 Å². The number of nitrogens with one attached hydrogen (secondary N) is 1. The van der Waals surface area contributed by atoms with Crippen LogP contribution < -0.4 is 14.2 Å². The van der Waals surface area contributed by atoms with Crippen LogP contribution in [0.5, 0.6) is 11.5 Å². The minimum absolute atomic E-state index is 0.0710. The van der Waals surface area contributed by atoms with Crippen LogP contribution in [-0.4, -0.2) is 28.4 Å². The number of ketones is 1. The molecule has 0 radical (unpaired) electrons. The van der Waals surface area contributed by atoms with Crippen molar-refractivity contribution in [3.05, 3.63) is 47.5 Å². The predicted molar refractivity (Wildman–Crippen MR) is 91.5 cm³/mol. The van der Waals surface area contributed by atoms with Crippen LogP contribution in [0.15, 0.2) is 41.3 Å². The third-order valence-electron chi connectivity index (χ3n) is 3.55. The average Bonchev–Trinajstić information content (AvgIpc) is 2.56. The molecule has 0 saturated heterocycles. The van der Waals surface area contributed by atoms with Crippen molar-refractivity contribution < 1.29 is 22.7 Å². The van der Waals surface area contributed by atoms with Gasteiger partial charge in [-0.3, -0.25) is 9.52 Å². The second kappa shape index (κ2) is 6.92. The molecule has 128 valence electrons. The van der Waals surface area contributed by atoms with Gasteiger partial charge in [0.05, 0.1) is 24.8 Å². The largest absolute Gasteiger partial charge is 0.493 e. The summed E-state index contributed by atoms with van der Waals surface area (Å²) >= 11 is 0. The number of ether oxygens (including phenoxy) is 2. The van der Waals surface area contributed by atoms with E-state index in [-0.39, 0.29) is 10.7 Å². The third-order valence-corrected chi connectivity index (χ3v) is 4.93. The molecule has 24 heavy (non-hydrogen) atoms. The molecule has 0 aliphatic rings. The zero-order valence-electron chi connectivity index (χ0n) is 13.9. The van der Waals surface area contributed by atoms with Gasteiger partial charge in [0.2, 0.25) is 0 Å². The topological polar surface area (TPSA) is 81.7 Å². The van der Waals surface area contributed by atoms with E-state index < -0.39 is 10.0 Å². The summed E-state index contributed by atoms with van der Waals surface area (Å²) in [6, 6.07) is 9.02. The van der Waals surface area contributed by atoms with Crippen LogP contribution in [0.1, 0.15) is 22.8 Å². The van der Waals surface area contributed by atoms with E-state index in [2.05, 4.69) is 4.72 Å². The number of carbonyl (C=O) groups excluding carboxylic acids is 1. The van der Waals surface area contributed by atoms with Gasteiger partial charge < -0.3 is 9.47 Å². The summed E-state index contributed by atoms with van der Waals surface area (Å²) in [6.07, 6.45) is 0. The van der Waals surface area contributed by atoms with Gasteiger partial charge in [-0.1, -0.05) is 12.1 Å². The lowest BCUT2D eigenvalue weighted by Crippen LogP contribution is -2.14. The van der Waals surface area contributed by atoms with E-state index in [1.165, 1.54) is 45.4 Å². The fourth-order valence-electron chi connectivity index (χ4n) is 2.16. The first-order valence-electron chi connectivity index (χ1n) is 7.15. The zero-order valence-corrected chi connectivity index (χ0v) is 14.7. The molecule has 1 N–H and O–H groups in total. The number of anilines is 1. The maximum Gasteiger partial charge on any atom is 0.261 e. The molecule has 0 heterocycles. The first-order chi connectivity index (χ1) is 11.3. The molecule has 2 rings (SSSR count). The number of aryl methyl sites for hydroxylation is 1. The van der Waals surface area contributed by atoms with E-state index in [1.54, 1.807) is 19.1 Å². The fourth-order valence-corrected chi connectivity index (χ4v) is 3.28. The summed E-state index contributed by atoms with van der Waals surface area (Å²) in [6.45, 7) is 3.19. The lowest BCUT2D eigenvalue weighted by molar-refractivity contribution is 0.101. The fraction of sp³-hybridized carbons (Fsp3) is 0.235. The van der Waals surface area contributed by atoms with Crippen LogP contribution >= 0.6 is 0 Å². The second-order valence-electron chi connectivity index (χ2n) is 5.21. The van der Waals surface area contributed by atoms with Crippen LogP contribution in [0.4, 0.5) is 5.69 Å². The average molecular weight is 349 g/mol. The van der Waals surface area contributed by atoms with Crippen LogP contribution in [0.3, 0.4) is 0 Å². The Morgan fingerprint density at radius 2 is 1.54 bits per heavy atom. The minimum Gasteiger partial charge on any atom is -0.493 e. The quantitative estimate of drug-likeness (QED) is 0.811. The van der Waals surface area contributed by atoms with Crippen LogP contribution in [0, 0.1) is 6.92 Å². The Balaban J connectivity index is 2.37. The third kappa shape index (κ3) is 3.68. The Morgan fingerprint density at radius 1 is 1.00 bits per heavy atom. The number of Topliss-reactive ketones (excluding diaryl/α,β-unsaturated/α-hetero) is 1. The first-order valence-corrected chi connectivity index (χ1v) is 8.63. The van der Waals surface area contributed by atoms with E-state index in [0.717, 1.165) is 0 Å². The molecule has 0 bridgehead atoms. The Bertz CT molecular complexity index is 857. The summed E-state index contributed by atoms with van der Waals surface area (Å²) in [7, 11) is -0.791. The number of benzene rings is 2. The van der Waals surface area contributed by atoms with E-state index in [1.807, 2.05) is 0 Å². The molecule has 2 aromatic rings. The molecule has 7 heteroatoms. The molecule has 0 aliphatic heterocycles. The molecule has 0 fully saturated rings. The van der Waals surface area contributed by atoms with E-state index >= 15 is 0 Å². The molecular formula is C17H19NO5S. The molecule has 0 saturated carbocycles. The molecule has 0 aliphatic carbocycles. The van der Waals surface area contributed by atoms with Crippen molar-refractivity contribution in [2.45, 2.75) is 18.7 Å². The van der Waals surface area contributed by atoms with Gasteiger partial charge in [-0.15, -0.1) is 0 Å². The first kappa shape index (κ1) is 17.8. The highest BCUT2D eigenvalue weighted by Gasteiger charge is 2.17. The molecule has 0 unspecified atom stereocenters. The van der Waals surface area contributed by atoms with Crippen molar-refractivity contribution in [3.63, 3.8) is 0 Å². The lowest BCUT2D eigenvalue weighted by Gasteiger charge is -2.14. The zero-order chi connectivity index (χ0) is 17.9. The van der Waals surface area contributed by atoms with Gasteiger partial charge in [0, 0.05) is 11.6 Å². The monoisotopic (exact) mass is 349 g/mol. The molecule has 6 nitrogen and oxygen atoms in total. The lowest BCUT2D eigenvalue weighted by atomic mass is 10.2. The van der Waals surface area contributed by atoms with Gasteiger partial charge in [0.25, 0.3) is 10.0 Å². The van der Waals surface area contributed by atoms with Crippen molar-refractivity contribution in [3.8, 4) is 11.5 Å². The van der Waals surface area contributed by atoms with Crippen molar-refractivity contribution in [2.75, 3.05) is 18.9 Å². The summed E-state index contributed by atoms with van der Waals surface area (Å²) in [4.78, 5) is 11.4. The molecule has 0 spiro atoms. The highest BCUT2D eigenvalue weighted by atomic mass is 32.2. The summed E-state index contributed by atoms with van der Waals surface area (Å²) in [5.74, 6) is 0.819. The van der Waals surface area contributed by atoms with Crippen LogP contribution in [0.25, 0.3) is 0 Å². The molecule has 2 aromatic carbocycles.